The van der Waals surface area contributed by atoms with Gasteiger partial charge in [0.05, 0.1) is 11.2 Å². The summed E-state index contributed by atoms with van der Waals surface area (Å²) in [5.41, 5.74) is 3.74. The van der Waals surface area contributed by atoms with Gasteiger partial charge in [-0.1, -0.05) is 23.7 Å². The van der Waals surface area contributed by atoms with Crippen LogP contribution < -0.4 is 0 Å². The average molecular weight is 261 g/mol. The Morgan fingerprint density at radius 2 is 1.89 bits per heavy atom. The molecular formula is C14H10ClFN2. The van der Waals surface area contributed by atoms with Gasteiger partial charge in [-0.05, 0) is 36.8 Å². The van der Waals surface area contributed by atoms with Crippen molar-refractivity contribution in [2.75, 3.05) is 0 Å². The zero-order valence-electron chi connectivity index (χ0n) is 9.69. The number of hydrogen-bond donors (Lipinski definition) is 0. The first kappa shape index (κ1) is 11.2. The van der Waals surface area contributed by atoms with Gasteiger partial charge in [0, 0.05) is 16.8 Å². The molecule has 0 amide bonds. The number of rotatable bonds is 1. The van der Waals surface area contributed by atoms with Gasteiger partial charge in [0.15, 0.2) is 0 Å². The fraction of sp³-hybridized carbons (Fsp3) is 0.0714. The Labute approximate surface area is 109 Å². The zero-order chi connectivity index (χ0) is 12.7. The van der Waals surface area contributed by atoms with Crippen LogP contribution in [0, 0.1) is 12.7 Å². The SMILES string of the molecule is Cc1nn2ccc(Cl)cc2c1-c1ccc(F)cc1. The quantitative estimate of drug-likeness (QED) is 0.644. The maximum absolute atomic E-state index is 13.0. The lowest BCUT2D eigenvalue weighted by Gasteiger charge is -2.01. The minimum absolute atomic E-state index is 0.245. The number of fused-ring (bicyclic) bond motifs is 1. The highest BCUT2D eigenvalue weighted by Crippen LogP contribution is 2.29. The van der Waals surface area contributed by atoms with E-state index in [1.807, 2.05) is 19.2 Å². The molecule has 90 valence electrons. The minimum atomic E-state index is -0.245. The summed E-state index contributed by atoms with van der Waals surface area (Å²) < 4.78 is 14.7. The lowest BCUT2D eigenvalue weighted by Crippen LogP contribution is -1.85. The molecule has 3 aromatic rings. The number of benzene rings is 1. The summed E-state index contributed by atoms with van der Waals surface area (Å²) in [5, 5.41) is 5.08. The monoisotopic (exact) mass is 260 g/mol. The molecule has 4 heteroatoms. The van der Waals surface area contributed by atoms with Crippen molar-refractivity contribution in [2.45, 2.75) is 6.92 Å². The van der Waals surface area contributed by atoms with Gasteiger partial charge in [-0.25, -0.2) is 8.91 Å². The molecule has 0 saturated carbocycles. The first-order valence-electron chi connectivity index (χ1n) is 5.55. The normalized spacial score (nSPS) is 11.1. The molecule has 0 aliphatic carbocycles. The molecule has 2 heterocycles. The van der Waals surface area contributed by atoms with Gasteiger partial charge in [0.2, 0.25) is 0 Å². The number of aromatic nitrogens is 2. The maximum Gasteiger partial charge on any atom is 0.123 e. The second-order valence-corrected chi connectivity index (χ2v) is 4.58. The van der Waals surface area contributed by atoms with Gasteiger partial charge in [0.1, 0.15) is 5.82 Å². The van der Waals surface area contributed by atoms with Crippen molar-refractivity contribution >= 4 is 17.1 Å². The highest BCUT2D eigenvalue weighted by atomic mass is 35.5. The van der Waals surface area contributed by atoms with E-state index in [1.165, 1.54) is 12.1 Å². The Morgan fingerprint density at radius 1 is 1.17 bits per heavy atom. The summed E-state index contributed by atoms with van der Waals surface area (Å²) >= 11 is 6.01. The van der Waals surface area contributed by atoms with Crippen LogP contribution in [-0.2, 0) is 0 Å². The molecule has 1 aromatic carbocycles. The molecule has 0 N–H and O–H groups in total. The largest absolute Gasteiger partial charge is 0.240 e. The average Bonchev–Trinajstić information content (AvgIpc) is 2.66. The summed E-state index contributed by atoms with van der Waals surface area (Å²) in [5.74, 6) is -0.245. The summed E-state index contributed by atoms with van der Waals surface area (Å²) in [6, 6.07) is 10.0. The summed E-state index contributed by atoms with van der Waals surface area (Å²) in [6.45, 7) is 1.93. The highest BCUT2D eigenvalue weighted by Gasteiger charge is 2.11. The van der Waals surface area contributed by atoms with E-state index < -0.39 is 0 Å². The van der Waals surface area contributed by atoms with Crippen LogP contribution in [0.3, 0.4) is 0 Å². The lowest BCUT2D eigenvalue weighted by molar-refractivity contribution is 0.628. The Kier molecular flexibility index (Phi) is 2.56. The van der Waals surface area contributed by atoms with Gasteiger partial charge >= 0.3 is 0 Å². The van der Waals surface area contributed by atoms with E-state index in [4.69, 9.17) is 11.6 Å². The lowest BCUT2D eigenvalue weighted by atomic mass is 10.0. The summed E-state index contributed by atoms with van der Waals surface area (Å²) in [7, 11) is 0. The molecule has 0 unspecified atom stereocenters. The predicted octanol–water partition coefficient (Wildman–Crippen LogP) is 4.10. The molecule has 0 fully saturated rings. The molecule has 0 atom stereocenters. The molecule has 18 heavy (non-hydrogen) atoms. The van der Waals surface area contributed by atoms with Crippen LogP contribution >= 0.6 is 11.6 Å². The van der Waals surface area contributed by atoms with Crippen LogP contribution in [0.1, 0.15) is 5.69 Å². The van der Waals surface area contributed by atoms with Gasteiger partial charge < -0.3 is 0 Å². The topological polar surface area (TPSA) is 17.3 Å². The van der Waals surface area contributed by atoms with Crippen LogP contribution in [0.25, 0.3) is 16.6 Å². The van der Waals surface area contributed by atoms with Gasteiger partial charge in [-0.3, -0.25) is 0 Å². The van der Waals surface area contributed by atoms with Crippen LogP contribution in [0.2, 0.25) is 5.02 Å². The van der Waals surface area contributed by atoms with Crippen molar-refractivity contribution in [2.24, 2.45) is 0 Å². The highest BCUT2D eigenvalue weighted by molar-refractivity contribution is 6.31. The van der Waals surface area contributed by atoms with Crippen LogP contribution in [0.15, 0.2) is 42.6 Å². The van der Waals surface area contributed by atoms with E-state index in [9.17, 15) is 4.39 Å². The zero-order valence-corrected chi connectivity index (χ0v) is 10.4. The van der Waals surface area contributed by atoms with E-state index in [0.717, 1.165) is 22.3 Å². The van der Waals surface area contributed by atoms with Crippen molar-refractivity contribution in [1.29, 1.82) is 0 Å². The van der Waals surface area contributed by atoms with E-state index in [-0.39, 0.29) is 5.82 Å². The fourth-order valence-corrected chi connectivity index (χ4v) is 2.27. The second-order valence-electron chi connectivity index (χ2n) is 4.14. The van der Waals surface area contributed by atoms with Crippen molar-refractivity contribution in [3.8, 4) is 11.1 Å². The Balaban J connectivity index is 2.30. The first-order chi connectivity index (χ1) is 8.65. The van der Waals surface area contributed by atoms with Crippen molar-refractivity contribution in [1.82, 2.24) is 9.61 Å². The molecule has 0 aliphatic rings. The van der Waals surface area contributed by atoms with Gasteiger partial charge in [-0.2, -0.15) is 5.10 Å². The van der Waals surface area contributed by atoms with Crippen LogP contribution in [0.5, 0.6) is 0 Å². The number of nitrogens with zero attached hydrogens (tertiary/aromatic N) is 2. The Morgan fingerprint density at radius 3 is 2.61 bits per heavy atom. The number of pyridine rings is 1. The third-order valence-electron chi connectivity index (χ3n) is 2.90. The molecule has 0 radical (unpaired) electrons. The molecule has 0 saturated heterocycles. The van der Waals surface area contributed by atoms with E-state index in [2.05, 4.69) is 5.10 Å². The standard InChI is InChI=1S/C14H10ClFN2/c1-9-14(10-2-4-12(16)5-3-10)13-8-11(15)6-7-18(13)17-9/h2-8H,1H3. The third-order valence-corrected chi connectivity index (χ3v) is 3.14. The van der Waals surface area contributed by atoms with Gasteiger partial charge in [-0.15, -0.1) is 0 Å². The summed E-state index contributed by atoms with van der Waals surface area (Å²) in [6.07, 6.45) is 1.82. The maximum atomic E-state index is 13.0. The molecule has 0 aliphatic heterocycles. The third kappa shape index (κ3) is 1.77. The van der Waals surface area contributed by atoms with E-state index in [0.29, 0.717) is 5.02 Å². The molecule has 0 spiro atoms. The molecule has 2 aromatic heterocycles. The van der Waals surface area contributed by atoms with Crippen LogP contribution in [-0.4, -0.2) is 9.61 Å². The van der Waals surface area contributed by atoms with Crippen LogP contribution in [0.4, 0.5) is 4.39 Å². The first-order valence-corrected chi connectivity index (χ1v) is 5.93. The molecule has 0 bridgehead atoms. The molecular weight excluding hydrogens is 251 g/mol. The van der Waals surface area contributed by atoms with E-state index in [1.54, 1.807) is 22.7 Å². The van der Waals surface area contributed by atoms with Gasteiger partial charge in [0.25, 0.3) is 0 Å². The van der Waals surface area contributed by atoms with Crippen molar-refractivity contribution < 1.29 is 4.39 Å². The minimum Gasteiger partial charge on any atom is -0.240 e. The smallest absolute Gasteiger partial charge is 0.123 e. The molecule has 2 nitrogen and oxygen atoms in total. The fourth-order valence-electron chi connectivity index (χ4n) is 2.11. The second kappa shape index (κ2) is 4.10. The predicted molar refractivity (Wildman–Crippen MR) is 70.3 cm³/mol. The van der Waals surface area contributed by atoms with Crippen molar-refractivity contribution in [3.63, 3.8) is 0 Å². The Bertz CT molecular complexity index is 716. The summed E-state index contributed by atoms with van der Waals surface area (Å²) in [4.78, 5) is 0. The Hall–Kier alpha value is -1.87. The number of hydrogen-bond acceptors (Lipinski definition) is 1. The molecule has 3 rings (SSSR count). The number of aryl methyl sites for hydroxylation is 1. The van der Waals surface area contributed by atoms with E-state index >= 15 is 0 Å². The van der Waals surface area contributed by atoms with Crippen molar-refractivity contribution in [3.05, 3.63) is 59.1 Å². The number of halogens is 2.